The molecule has 0 heterocycles. The lowest BCUT2D eigenvalue weighted by Crippen LogP contribution is -2.72. The number of halogens is 19. The lowest BCUT2D eigenvalue weighted by molar-refractivity contribution is -0.451. The van der Waals surface area contributed by atoms with Gasteiger partial charge in [0.1, 0.15) is 5.75 Å². The van der Waals surface area contributed by atoms with Crippen LogP contribution in [0.25, 0.3) is 0 Å². The Hall–Kier alpha value is -2.66. The van der Waals surface area contributed by atoms with Crippen molar-refractivity contribution in [1.82, 2.24) is 0 Å². The summed E-state index contributed by atoms with van der Waals surface area (Å²) in [6, 6.07) is 0.348. The number of allylic oxidation sites excluding steroid dienone is 1. The van der Waals surface area contributed by atoms with Crippen molar-refractivity contribution in [3.8, 4) is 5.75 Å². The highest BCUT2D eigenvalue weighted by Crippen LogP contribution is 2.63. The third-order valence-electron chi connectivity index (χ3n) is 4.42. The molecule has 0 atom stereocenters. The lowest BCUT2D eigenvalue weighted by Gasteiger charge is -2.41. The van der Waals surface area contributed by atoms with E-state index in [1.165, 1.54) is 0 Å². The molecule has 0 unspecified atom stereocenters. The van der Waals surface area contributed by atoms with Crippen LogP contribution in [-0.4, -0.2) is 60.8 Å². The minimum Gasteiger partial charge on any atom is -0.427 e. The van der Waals surface area contributed by atoms with Crippen molar-refractivity contribution in [3.05, 3.63) is 35.9 Å². The SMILES string of the molecule is O=S(=O)(O)c1ccc(OC(F)(F)/C(F)=C(\F)C(F)(F)C(F)(F)C(F)(F)C(F)(F)C(F)(F)C(F)(F)C(F)(F)F)cc1. The number of rotatable bonds is 10. The van der Waals surface area contributed by atoms with Crippen molar-refractivity contribution in [1.29, 1.82) is 0 Å². The summed E-state index contributed by atoms with van der Waals surface area (Å²) in [6.07, 6.45) is -14.3. The van der Waals surface area contributed by atoms with Gasteiger partial charge < -0.3 is 4.74 Å². The molecule has 1 N–H and O–H groups in total. The fourth-order valence-electron chi connectivity index (χ4n) is 2.24. The molecule has 0 saturated heterocycles. The molecule has 232 valence electrons. The predicted molar refractivity (Wildman–Crippen MR) is 86.8 cm³/mol. The summed E-state index contributed by atoms with van der Waals surface area (Å²) >= 11 is 0. The molecule has 24 heteroatoms. The molecule has 1 aromatic rings. The summed E-state index contributed by atoms with van der Waals surface area (Å²) in [5.41, 5.74) is 0. The molecular weight excluding hydrogens is 649 g/mol. The Bertz CT molecular complexity index is 1230. The normalized spacial score (nSPS) is 16.1. The fourth-order valence-corrected chi connectivity index (χ4v) is 2.72. The second-order valence-corrected chi connectivity index (χ2v) is 8.56. The van der Waals surface area contributed by atoms with Crippen LogP contribution in [-0.2, 0) is 10.1 Å². The van der Waals surface area contributed by atoms with Gasteiger partial charge in [0.2, 0.25) is 11.7 Å². The van der Waals surface area contributed by atoms with Crippen molar-refractivity contribution in [2.45, 2.75) is 52.7 Å². The van der Waals surface area contributed by atoms with Gasteiger partial charge in [-0.05, 0) is 24.3 Å². The van der Waals surface area contributed by atoms with E-state index in [1.54, 1.807) is 0 Å². The number of alkyl halides is 17. The van der Waals surface area contributed by atoms with Crippen LogP contribution in [0.15, 0.2) is 40.8 Å². The maximum absolute atomic E-state index is 13.7. The molecule has 0 saturated carbocycles. The van der Waals surface area contributed by atoms with Crippen LogP contribution in [0, 0.1) is 0 Å². The van der Waals surface area contributed by atoms with Gasteiger partial charge in [0, 0.05) is 0 Å². The third-order valence-corrected chi connectivity index (χ3v) is 5.29. The van der Waals surface area contributed by atoms with Crippen LogP contribution < -0.4 is 4.74 Å². The van der Waals surface area contributed by atoms with Gasteiger partial charge in [-0.1, -0.05) is 0 Å². The predicted octanol–water partition coefficient (Wildman–Crippen LogP) is 7.43. The zero-order chi connectivity index (χ0) is 32.3. The Labute approximate surface area is 206 Å². The number of hydrogen-bond acceptors (Lipinski definition) is 3. The van der Waals surface area contributed by atoms with Crippen LogP contribution >= 0.6 is 0 Å². The molecule has 0 aliphatic rings. The van der Waals surface area contributed by atoms with Gasteiger partial charge in [-0.25, -0.2) is 4.39 Å². The van der Waals surface area contributed by atoms with Crippen molar-refractivity contribution < 1.29 is 101 Å². The fraction of sp³-hybridized carbons (Fsp3) is 0.500. The summed E-state index contributed by atoms with van der Waals surface area (Å²) in [6.45, 7) is 0. The Morgan fingerprint density at radius 1 is 0.575 bits per heavy atom. The summed E-state index contributed by atoms with van der Waals surface area (Å²) in [5.74, 6) is -63.1. The Morgan fingerprint density at radius 3 is 1.27 bits per heavy atom. The first-order valence-electron chi connectivity index (χ1n) is 8.79. The van der Waals surface area contributed by atoms with Crippen LogP contribution in [0.5, 0.6) is 5.75 Å². The molecule has 0 aromatic heterocycles. The molecule has 0 fully saturated rings. The molecular formula is C16H5F19O4S. The average Bonchev–Trinajstić information content (AvgIpc) is 2.75. The van der Waals surface area contributed by atoms with E-state index in [4.69, 9.17) is 4.55 Å². The zero-order valence-corrected chi connectivity index (χ0v) is 18.4. The quantitative estimate of drug-likeness (QED) is 0.211. The summed E-state index contributed by atoms with van der Waals surface area (Å²) in [5, 5.41) is 0. The topological polar surface area (TPSA) is 63.6 Å². The Balaban J connectivity index is 3.62. The van der Waals surface area contributed by atoms with Gasteiger partial charge in [-0.2, -0.15) is 87.4 Å². The number of hydrogen-bond donors (Lipinski definition) is 1. The first kappa shape index (κ1) is 35.4. The van der Waals surface area contributed by atoms with E-state index in [9.17, 15) is 91.8 Å². The third kappa shape index (κ3) is 5.34. The van der Waals surface area contributed by atoms with Crippen molar-refractivity contribution in [3.63, 3.8) is 0 Å². The van der Waals surface area contributed by atoms with Gasteiger partial charge in [-0.15, -0.1) is 0 Å². The van der Waals surface area contributed by atoms with Gasteiger partial charge in [0.05, 0.1) is 4.90 Å². The number of ether oxygens (including phenoxy) is 1. The second-order valence-electron chi connectivity index (χ2n) is 7.14. The van der Waals surface area contributed by atoms with Gasteiger partial charge in [0.25, 0.3) is 10.1 Å². The van der Waals surface area contributed by atoms with Crippen LogP contribution in [0.3, 0.4) is 0 Å². The highest BCUT2D eigenvalue weighted by atomic mass is 32.2. The first-order valence-corrected chi connectivity index (χ1v) is 10.2. The maximum atomic E-state index is 13.7. The van der Waals surface area contributed by atoms with E-state index < -0.39 is 80.2 Å². The van der Waals surface area contributed by atoms with Gasteiger partial charge >= 0.3 is 47.8 Å². The average molecular weight is 654 g/mol. The number of benzene rings is 1. The molecule has 0 amide bonds. The molecule has 4 nitrogen and oxygen atoms in total. The summed E-state index contributed by atoms with van der Waals surface area (Å²) in [4.78, 5) is -1.12. The maximum Gasteiger partial charge on any atom is 0.460 e. The molecule has 0 aliphatic carbocycles. The standard InChI is InChI=1S/C16H5F19O4S/c17-7(8(18)10(21,22)39-5-1-3-6(4-2-5)40(36,37)38)9(19,20)11(23,24)12(25,26)13(27,28)14(29,30)15(31,32)16(33,34)35/h1-4H,(H,36,37,38)/b8-7+. The smallest absolute Gasteiger partial charge is 0.427 e. The molecule has 1 aromatic carbocycles. The van der Waals surface area contributed by atoms with E-state index in [0.29, 0.717) is 0 Å². The summed E-state index contributed by atoms with van der Waals surface area (Å²) in [7, 11) is -5.05. The van der Waals surface area contributed by atoms with Crippen LogP contribution in [0.4, 0.5) is 83.4 Å². The highest BCUT2D eigenvalue weighted by molar-refractivity contribution is 7.85. The monoisotopic (exact) mass is 654 g/mol. The van der Waals surface area contributed by atoms with E-state index in [2.05, 4.69) is 4.74 Å². The second kappa shape index (κ2) is 9.72. The van der Waals surface area contributed by atoms with Crippen molar-refractivity contribution in [2.75, 3.05) is 0 Å². The Morgan fingerprint density at radius 2 is 0.925 bits per heavy atom. The van der Waals surface area contributed by atoms with Gasteiger partial charge in [-0.3, -0.25) is 4.55 Å². The van der Waals surface area contributed by atoms with E-state index >= 15 is 0 Å². The lowest BCUT2D eigenvalue weighted by atomic mass is 9.90. The van der Waals surface area contributed by atoms with E-state index in [0.717, 1.165) is 0 Å². The van der Waals surface area contributed by atoms with Crippen LogP contribution in [0.2, 0.25) is 0 Å². The van der Waals surface area contributed by atoms with Crippen molar-refractivity contribution in [2.24, 2.45) is 0 Å². The summed E-state index contributed by atoms with van der Waals surface area (Å²) < 4.78 is 284. The molecule has 0 radical (unpaired) electrons. The first-order chi connectivity index (χ1) is 17.2. The highest BCUT2D eigenvalue weighted by Gasteiger charge is 2.94. The van der Waals surface area contributed by atoms with Crippen molar-refractivity contribution >= 4 is 10.1 Å². The van der Waals surface area contributed by atoms with Crippen LogP contribution in [0.1, 0.15) is 0 Å². The van der Waals surface area contributed by atoms with E-state index in [-0.39, 0.29) is 24.3 Å². The molecule has 0 spiro atoms. The Kier molecular flexibility index (Phi) is 8.59. The molecule has 0 aliphatic heterocycles. The largest absolute Gasteiger partial charge is 0.460 e. The van der Waals surface area contributed by atoms with Gasteiger partial charge in [0.15, 0.2) is 0 Å². The molecule has 40 heavy (non-hydrogen) atoms. The minimum atomic E-state index is -8.88. The molecule has 0 bridgehead atoms. The van der Waals surface area contributed by atoms with E-state index in [1.807, 2.05) is 0 Å². The molecule has 1 rings (SSSR count). The minimum absolute atomic E-state index is 0.0204. The zero-order valence-electron chi connectivity index (χ0n) is 17.6.